The van der Waals surface area contributed by atoms with Crippen LogP contribution < -0.4 is 11.1 Å². The molecule has 0 aliphatic rings. The molecule has 4 aromatic rings. The highest BCUT2D eigenvalue weighted by molar-refractivity contribution is 6.12. The number of nitrogens with two attached hydrogens (primary N) is 1. The van der Waals surface area contributed by atoms with E-state index < -0.39 is 0 Å². The minimum atomic E-state index is -0.0317. The van der Waals surface area contributed by atoms with E-state index in [1.807, 2.05) is 36.4 Å². The second kappa shape index (κ2) is 5.87. The van der Waals surface area contributed by atoms with Crippen LogP contribution in [-0.2, 0) is 6.61 Å². The Morgan fingerprint density at radius 2 is 1.42 bits per heavy atom. The van der Waals surface area contributed by atoms with Crippen LogP contribution in [0.25, 0.3) is 21.5 Å². The van der Waals surface area contributed by atoms with E-state index in [-0.39, 0.29) is 6.61 Å². The van der Waals surface area contributed by atoms with E-state index in [4.69, 9.17) is 5.73 Å². The SMILES string of the molecule is Nc1cc(CO)cc(Nc2c3ccccc3cc3ccccc23)c1. The van der Waals surface area contributed by atoms with Gasteiger partial charge in [-0.2, -0.15) is 0 Å². The maximum absolute atomic E-state index is 9.41. The second-order valence-electron chi connectivity index (χ2n) is 5.94. The number of rotatable bonds is 3. The third-order valence-electron chi connectivity index (χ3n) is 4.24. The monoisotopic (exact) mass is 314 g/mol. The molecule has 0 atom stereocenters. The van der Waals surface area contributed by atoms with E-state index in [0.717, 1.165) is 27.7 Å². The van der Waals surface area contributed by atoms with E-state index >= 15 is 0 Å². The second-order valence-corrected chi connectivity index (χ2v) is 5.94. The van der Waals surface area contributed by atoms with Gasteiger partial charge in [0.15, 0.2) is 0 Å². The molecule has 24 heavy (non-hydrogen) atoms. The lowest BCUT2D eigenvalue weighted by molar-refractivity contribution is 0.282. The molecular formula is C21H18N2O. The summed E-state index contributed by atoms with van der Waals surface area (Å²) in [5.41, 5.74) is 9.32. The third kappa shape index (κ3) is 2.55. The Labute approximate surface area is 140 Å². The quantitative estimate of drug-likeness (QED) is 0.375. The summed E-state index contributed by atoms with van der Waals surface area (Å²) < 4.78 is 0. The Morgan fingerprint density at radius 3 is 2.04 bits per heavy atom. The molecule has 4 rings (SSSR count). The van der Waals surface area contributed by atoms with Gasteiger partial charge in [0.1, 0.15) is 0 Å². The number of anilines is 3. The predicted molar refractivity (Wildman–Crippen MR) is 102 cm³/mol. The minimum absolute atomic E-state index is 0.0317. The van der Waals surface area contributed by atoms with Crippen LogP contribution in [-0.4, -0.2) is 5.11 Å². The number of aliphatic hydroxyl groups excluding tert-OH is 1. The highest BCUT2D eigenvalue weighted by Crippen LogP contribution is 2.35. The number of nitrogen functional groups attached to an aromatic ring is 1. The molecule has 118 valence electrons. The molecule has 0 unspecified atom stereocenters. The Kier molecular flexibility index (Phi) is 3.56. The minimum Gasteiger partial charge on any atom is -0.399 e. The highest BCUT2D eigenvalue weighted by atomic mass is 16.3. The summed E-state index contributed by atoms with van der Waals surface area (Å²) in [6.45, 7) is -0.0317. The van der Waals surface area contributed by atoms with Crippen LogP contribution in [0, 0.1) is 0 Å². The zero-order valence-electron chi connectivity index (χ0n) is 13.2. The lowest BCUT2D eigenvalue weighted by atomic mass is 10.0. The molecule has 0 aromatic heterocycles. The van der Waals surface area contributed by atoms with Crippen molar-refractivity contribution in [3.05, 3.63) is 78.4 Å². The zero-order valence-corrected chi connectivity index (χ0v) is 13.2. The van der Waals surface area contributed by atoms with Gasteiger partial charge in [0, 0.05) is 22.1 Å². The number of benzene rings is 4. The van der Waals surface area contributed by atoms with Crippen LogP contribution in [0.15, 0.2) is 72.8 Å². The molecule has 0 bridgehead atoms. The van der Waals surface area contributed by atoms with Crippen molar-refractivity contribution in [2.45, 2.75) is 6.61 Å². The Balaban J connectivity index is 1.95. The van der Waals surface area contributed by atoms with Gasteiger partial charge in [-0.15, -0.1) is 0 Å². The van der Waals surface area contributed by atoms with Crippen LogP contribution in [0.5, 0.6) is 0 Å². The fraction of sp³-hybridized carbons (Fsp3) is 0.0476. The van der Waals surface area contributed by atoms with Crippen molar-refractivity contribution in [2.24, 2.45) is 0 Å². The topological polar surface area (TPSA) is 58.3 Å². The Bertz CT molecular complexity index is 986. The van der Waals surface area contributed by atoms with Gasteiger partial charge in [0.2, 0.25) is 0 Å². The maximum Gasteiger partial charge on any atom is 0.0683 e. The Morgan fingerprint density at radius 1 is 0.792 bits per heavy atom. The molecule has 3 nitrogen and oxygen atoms in total. The summed E-state index contributed by atoms with van der Waals surface area (Å²) in [7, 11) is 0. The number of aliphatic hydroxyl groups is 1. The van der Waals surface area contributed by atoms with Crippen LogP contribution in [0.2, 0.25) is 0 Å². The fourth-order valence-electron chi connectivity index (χ4n) is 3.17. The van der Waals surface area contributed by atoms with Gasteiger partial charge < -0.3 is 16.2 Å². The first kappa shape index (κ1) is 14.5. The first-order valence-electron chi connectivity index (χ1n) is 7.92. The summed E-state index contributed by atoms with van der Waals surface area (Å²) in [4.78, 5) is 0. The van der Waals surface area contributed by atoms with Crippen molar-refractivity contribution in [1.82, 2.24) is 0 Å². The molecule has 3 heteroatoms. The summed E-state index contributed by atoms with van der Waals surface area (Å²) >= 11 is 0. The van der Waals surface area contributed by atoms with Gasteiger partial charge in [-0.3, -0.25) is 0 Å². The molecule has 0 saturated carbocycles. The van der Waals surface area contributed by atoms with Gasteiger partial charge in [-0.1, -0.05) is 48.5 Å². The molecule has 4 aromatic carbocycles. The average molecular weight is 314 g/mol. The van der Waals surface area contributed by atoms with E-state index in [1.54, 1.807) is 6.07 Å². The fourth-order valence-corrected chi connectivity index (χ4v) is 3.17. The molecule has 0 saturated heterocycles. The van der Waals surface area contributed by atoms with Crippen molar-refractivity contribution < 1.29 is 5.11 Å². The molecule has 0 aliphatic carbocycles. The molecule has 0 aliphatic heterocycles. The van der Waals surface area contributed by atoms with Crippen LogP contribution in [0.4, 0.5) is 17.1 Å². The lowest BCUT2D eigenvalue weighted by Crippen LogP contribution is -1.97. The van der Waals surface area contributed by atoms with Gasteiger partial charge in [0.05, 0.1) is 12.3 Å². The Hall–Kier alpha value is -3.04. The summed E-state index contributed by atoms with van der Waals surface area (Å²) in [6, 6.07) is 24.4. The van der Waals surface area contributed by atoms with Crippen molar-refractivity contribution in [3.63, 3.8) is 0 Å². The zero-order chi connectivity index (χ0) is 16.5. The average Bonchev–Trinajstić information content (AvgIpc) is 2.61. The molecule has 4 N–H and O–H groups in total. The molecule has 0 spiro atoms. The first-order valence-corrected chi connectivity index (χ1v) is 7.92. The van der Waals surface area contributed by atoms with E-state index in [9.17, 15) is 5.11 Å². The maximum atomic E-state index is 9.41. The molecular weight excluding hydrogens is 296 g/mol. The van der Waals surface area contributed by atoms with E-state index in [0.29, 0.717) is 5.69 Å². The van der Waals surface area contributed by atoms with Crippen molar-refractivity contribution in [3.8, 4) is 0 Å². The third-order valence-corrected chi connectivity index (χ3v) is 4.24. The first-order chi connectivity index (χ1) is 11.7. The molecule has 0 amide bonds. The van der Waals surface area contributed by atoms with Crippen LogP contribution in [0.1, 0.15) is 5.56 Å². The smallest absolute Gasteiger partial charge is 0.0683 e. The normalized spacial score (nSPS) is 11.0. The van der Waals surface area contributed by atoms with Gasteiger partial charge in [-0.25, -0.2) is 0 Å². The highest BCUT2D eigenvalue weighted by Gasteiger charge is 2.08. The van der Waals surface area contributed by atoms with Crippen molar-refractivity contribution in [2.75, 3.05) is 11.1 Å². The number of fused-ring (bicyclic) bond motifs is 2. The molecule has 0 radical (unpaired) electrons. The standard InChI is InChI=1S/C21H18N2O/c22-17-9-14(13-24)10-18(12-17)23-21-19-7-3-1-5-15(19)11-16-6-2-4-8-20(16)21/h1-12,23-24H,13,22H2. The van der Waals surface area contributed by atoms with E-state index in [1.165, 1.54) is 10.8 Å². The summed E-state index contributed by atoms with van der Waals surface area (Å²) in [6.07, 6.45) is 0. The number of nitrogens with one attached hydrogen (secondary N) is 1. The number of hydrogen-bond donors (Lipinski definition) is 3. The lowest BCUT2D eigenvalue weighted by Gasteiger charge is -2.15. The van der Waals surface area contributed by atoms with E-state index in [2.05, 4.69) is 35.6 Å². The van der Waals surface area contributed by atoms with Gasteiger partial charge >= 0.3 is 0 Å². The van der Waals surface area contributed by atoms with Crippen LogP contribution in [0.3, 0.4) is 0 Å². The summed E-state index contributed by atoms with van der Waals surface area (Å²) in [5, 5.41) is 17.6. The van der Waals surface area contributed by atoms with Crippen molar-refractivity contribution in [1.29, 1.82) is 0 Å². The molecule has 0 fully saturated rings. The number of hydrogen-bond acceptors (Lipinski definition) is 3. The van der Waals surface area contributed by atoms with Gasteiger partial charge in [0.25, 0.3) is 0 Å². The molecule has 0 heterocycles. The predicted octanol–water partition coefficient (Wildman–Crippen LogP) is 4.81. The summed E-state index contributed by atoms with van der Waals surface area (Å²) in [5.74, 6) is 0. The van der Waals surface area contributed by atoms with Crippen LogP contribution >= 0.6 is 0 Å². The van der Waals surface area contributed by atoms with Crippen molar-refractivity contribution >= 4 is 38.6 Å². The largest absolute Gasteiger partial charge is 0.399 e. The van der Waals surface area contributed by atoms with Gasteiger partial charge in [-0.05, 0) is 40.6 Å².